The first-order chi connectivity index (χ1) is 12.2. The van der Waals surface area contributed by atoms with Crippen LogP contribution in [-0.2, 0) is 28.2 Å². The minimum Gasteiger partial charge on any atom is -0.342 e. The maximum absolute atomic E-state index is 6.44. The quantitative estimate of drug-likeness (QED) is 0.693. The molecule has 0 spiro atoms. The monoisotopic (exact) mass is 354 g/mol. The first-order valence-corrected chi connectivity index (χ1v) is 8.69. The van der Waals surface area contributed by atoms with Crippen LogP contribution in [0.25, 0.3) is 0 Å². The fourth-order valence-electron chi connectivity index (χ4n) is 3.19. The molecule has 3 aromatic rings. The van der Waals surface area contributed by atoms with Gasteiger partial charge < -0.3 is 14.0 Å². The molecule has 1 aliphatic heterocycles. The van der Waals surface area contributed by atoms with Gasteiger partial charge in [-0.05, 0) is 17.7 Å². The van der Waals surface area contributed by atoms with E-state index < -0.39 is 5.79 Å². The van der Waals surface area contributed by atoms with E-state index in [2.05, 4.69) is 17.1 Å². The highest BCUT2D eigenvalue weighted by Crippen LogP contribution is 2.37. The molecule has 1 aromatic heterocycles. The third-order valence-corrected chi connectivity index (χ3v) is 4.65. The second-order valence-electron chi connectivity index (χ2n) is 6.24. The van der Waals surface area contributed by atoms with Crippen molar-refractivity contribution in [2.24, 2.45) is 0 Å². The number of hydrogen-bond donors (Lipinski definition) is 0. The summed E-state index contributed by atoms with van der Waals surface area (Å²) >= 11 is 6.05. The number of aromatic nitrogens is 2. The molecule has 1 saturated heterocycles. The van der Waals surface area contributed by atoms with Gasteiger partial charge in [-0.15, -0.1) is 0 Å². The van der Waals surface area contributed by atoms with Gasteiger partial charge >= 0.3 is 0 Å². The predicted molar refractivity (Wildman–Crippen MR) is 96.3 cm³/mol. The van der Waals surface area contributed by atoms with Crippen LogP contribution in [0.15, 0.2) is 73.3 Å². The van der Waals surface area contributed by atoms with E-state index in [-0.39, 0.29) is 6.10 Å². The van der Waals surface area contributed by atoms with Crippen molar-refractivity contribution in [3.63, 3.8) is 0 Å². The molecule has 128 valence electrons. The maximum Gasteiger partial charge on any atom is 0.213 e. The van der Waals surface area contributed by atoms with E-state index in [0.29, 0.717) is 18.2 Å². The second kappa shape index (κ2) is 7.00. The van der Waals surface area contributed by atoms with Crippen LogP contribution in [0.2, 0.25) is 5.02 Å². The third-order valence-electron chi connectivity index (χ3n) is 4.40. The van der Waals surface area contributed by atoms with Gasteiger partial charge in [-0.2, -0.15) is 0 Å². The van der Waals surface area contributed by atoms with Gasteiger partial charge in [0, 0.05) is 29.4 Å². The average molecular weight is 355 g/mol. The van der Waals surface area contributed by atoms with Gasteiger partial charge in [0.25, 0.3) is 0 Å². The number of halogens is 1. The lowest BCUT2D eigenvalue weighted by Gasteiger charge is -2.29. The zero-order valence-electron chi connectivity index (χ0n) is 13.7. The fourth-order valence-corrected chi connectivity index (χ4v) is 3.32. The molecule has 25 heavy (non-hydrogen) atoms. The normalized spacial score (nSPS) is 23.0. The maximum atomic E-state index is 6.44. The second-order valence-corrected chi connectivity index (χ2v) is 6.67. The van der Waals surface area contributed by atoms with Crippen molar-refractivity contribution in [1.29, 1.82) is 0 Å². The number of imidazole rings is 1. The lowest BCUT2D eigenvalue weighted by molar-refractivity contribution is -0.186. The molecule has 4 rings (SSSR count). The van der Waals surface area contributed by atoms with Gasteiger partial charge in [-0.25, -0.2) is 4.98 Å². The summed E-state index contributed by atoms with van der Waals surface area (Å²) in [5.74, 6) is -0.829. The van der Waals surface area contributed by atoms with E-state index in [4.69, 9.17) is 21.1 Å². The van der Waals surface area contributed by atoms with Crippen LogP contribution in [0.1, 0.15) is 11.1 Å². The SMILES string of the molecule is Clc1ccc(C2(Cn3ccnc3)OCC(Cc3ccccc3)O2)cc1. The van der Waals surface area contributed by atoms with Crippen molar-refractivity contribution in [3.8, 4) is 0 Å². The van der Waals surface area contributed by atoms with Crippen molar-refractivity contribution in [2.75, 3.05) is 6.61 Å². The van der Waals surface area contributed by atoms with Gasteiger partial charge in [-0.1, -0.05) is 54.1 Å². The summed E-state index contributed by atoms with van der Waals surface area (Å²) in [7, 11) is 0. The molecule has 2 heterocycles. The van der Waals surface area contributed by atoms with E-state index >= 15 is 0 Å². The van der Waals surface area contributed by atoms with Crippen LogP contribution in [0, 0.1) is 0 Å². The van der Waals surface area contributed by atoms with E-state index in [1.165, 1.54) is 5.56 Å². The highest BCUT2D eigenvalue weighted by Gasteiger charge is 2.43. The topological polar surface area (TPSA) is 36.3 Å². The highest BCUT2D eigenvalue weighted by molar-refractivity contribution is 6.30. The molecule has 0 aliphatic carbocycles. The Balaban J connectivity index is 1.59. The molecule has 1 fully saturated rings. The smallest absolute Gasteiger partial charge is 0.213 e. The Morgan fingerprint density at radius 1 is 1.12 bits per heavy atom. The molecule has 0 N–H and O–H groups in total. The summed E-state index contributed by atoms with van der Waals surface area (Å²) < 4.78 is 14.6. The van der Waals surface area contributed by atoms with Gasteiger partial charge in [0.1, 0.15) is 0 Å². The van der Waals surface area contributed by atoms with Crippen LogP contribution in [0.3, 0.4) is 0 Å². The van der Waals surface area contributed by atoms with Gasteiger partial charge in [0.15, 0.2) is 0 Å². The number of rotatable bonds is 5. The first-order valence-electron chi connectivity index (χ1n) is 8.31. The van der Waals surface area contributed by atoms with E-state index in [9.17, 15) is 0 Å². The van der Waals surface area contributed by atoms with Crippen molar-refractivity contribution in [1.82, 2.24) is 9.55 Å². The Morgan fingerprint density at radius 3 is 2.64 bits per heavy atom. The molecular weight excluding hydrogens is 336 g/mol. The molecule has 2 unspecified atom stereocenters. The molecule has 2 aromatic carbocycles. The largest absolute Gasteiger partial charge is 0.342 e. The molecule has 0 radical (unpaired) electrons. The summed E-state index contributed by atoms with van der Waals surface area (Å²) in [6.45, 7) is 1.09. The standard InChI is InChI=1S/C20H19ClN2O2/c21-18-8-6-17(7-9-18)20(14-23-11-10-22-15-23)24-13-19(25-20)12-16-4-2-1-3-5-16/h1-11,15,19H,12-14H2. The fraction of sp³-hybridized carbons (Fsp3) is 0.250. The number of ether oxygens (including phenoxy) is 2. The molecule has 5 heteroatoms. The van der Waals surface area contributed by atoms with Crippen LogP contribution >= 0.6 is 11.6 Å². The van der Waals surface area contributed by atoms with E-state index in [1.54, 1.807) is 12.5 Å². The van der Waals surface area contributed by atoms with Crippen molar-refractivity contribution in [2.45, 2.75) is 24.9 Å². The molecule has 0 saturated carbocycles. The third kappa shape index (κ3) is 3.61. The molecule has 4 nitrogen and oxygen atoms in total. The van der Waals surface area contributed by atoms with Crippen molar-refractivity contribution in [3.05, 3.63) is 89.5 Å². The predicted octanol–water partition coefficient (Wildman–Crippen LogP) is 4.05. The Bertz CT molecular complexity index is 805. The molecule has 0 amide bonds. The minimum absolute atomic E-state index is 0.00148. The number of hydrogen-bond acceptors (Lipinski definition) is 3. The summed E-state index contributed by atoms with van der Waals surface area (Å²) in [6, 6.07) is 18.0. The zero-order valence-corrected chi connectivity index (χ0v) is 14.5. The summed E-state index contributed by atoms with van der Waals surface area (Å²) in [5.41, 5.74) is 2.20. The Morgan fingerprint density at radius 2 is 1.92 bits per heavy atom. The van der Waals surface area contributed by atoms with Gasteiger partial charge in [-0.3, -0.25) is 0 Å². The lowest BCUT2D eigenvalue weighted by Crippen LogP contribution is -2.33. The van der Waals surface area contributed by atoms with Crippen LogP contribution in [0.4, 0.5) is 0 Å². The first kappa shape index (κ1) is 16.3. The summed E-state index contributed by atoms with van der Waals surface area (Å²) in [4.78, 5) is 4.12. The van der Waals surface area contributed by atoms with Crippen LogP contribution in [-0.4, -0.2) is 22.3 Å². The molecule has 1 aliphatic rings. The highest BCUT2D eigenvalue weighted by atomic mass is 35.5. The van der Waals surface area contributed by atoms with Gasteiger partial charge in [0.2, 0.25) is 5.79 Å². The summed E-state index contributed by atoms with van der Waals surface area (Å²) in [6.07, 6.45) is 6.26. The molecule has 2 atom stereocenters. The molecular formula is C20H19ClN2O2. The van der Waals surface area contributed by atoms with Gasteiger partial charge in [0.05, 0.1) is 25.6 Å². The zero-order chi connectivity index (χ0) is 17.1. The van der Waals surface area contributed by atoms with Crippen molar-refractivity contribution < 1.29 is 9.47 Å². The Hall–Kier alpha value is -2.14. The summed E-state index contributed by atoms with van der Waals surface area (Å²) in [5, 5.41) is 0.695. The van der Waals surface area contributed by atoms with Crippen LogP contribution in [0.5, 0.6) is 0 Å². The van der Waals surface area contributed by atoms with Crippen LogP contribution < -0.4 is 0 Å². The average Bonchev–Trinajstić information content (AvgIpc) is 3.28. The Kier molecular flexibility index (Phi) is 4.57. The Labute approximate surface area is 152 Å². The molecule has 0 bridgehead atoms. The number of nitrogens with zero attached hydrogens (tertiary/aromatic N) is 2. The lowest BCUT2D eigenvalue weighted by atomic mass is 10.1. The van der Waals surface area contributed by atoms with E-state index in [0.717, 1.165) is 12.0 Å². The van der Waals surface area contributed by atoms with E-state index in [1.807, 2.05) is 53.2 Å². The minimum atomic E-state index is -0.829. The number of benzene rings is 2. The van der Waals surface area contributed by atoms with Crippen molar-refractivity contribution >= 4 is 11.6 Å².